The number of nitrogens with one attached hydrogen (secondary N) is 1. The average molecular weight is 444 g/mol. The van der Waals surface area contributed by atoms with Gasteiger partial charge in [-0.15, -0.1) is 31.7 Å². The average Bonchev–Trinajstić information content (AvgIpc) is 3.54. The van der Waals surface area contributed by atoms with Crippen molar-refractivity contribution in [1.82, 2.24) is 20.4 Å². The minimum absolute atomic E-state index is 0.0254. The maximum Gasteiger partial charge on any atom is 0.229 e. The van der Waals surface area contributed by atoms with Crippen LogP contribution in [0.15, 0.2) is 24.3 Å². The van der Waals surface area contributed by atoms with E-state index in [-0.39, 0.29) is 23.5 Å². The highest BCUT2D eigenvalue weighted by Gasteiger charge is 2.21. The van der Waals surface area contributed by atoms with Gasteiger partial charge in [-0.25, -0.2) is 0 Å². The number of carbonyl (C=O) groups is 2. The molecule has 9 heteroatoms. The van der Waals surface area contributed by atoms with Gasteiger partial charge in [-0.05, 0) is 38.5 Å². The van der Waals surface area contributed by atoms with E-state index in [1.807, 2.05) is 12.2 Å². The number of allylic oxidation sites excluding steroid dienone is 4. The number of aromatic nitrogens is 4. The summed E-state index contributed by atoms with van der Waals surface area (Å²) in [5.74, 6) is 0.455. The van der Waals surface area contributed by atoms with Crippen LogP contribution in [-0.4, -0.2) is 32.1 Å². The summed E-state index contributed by atoms with van der Waals surface area (Å²) in [5, 5.41) is 22.9. The molecule has 2 aromatic rings. The molecule has 2 aliphatic carbocycles. The Hall–Kier alpha value is -2.26. The molecular formula is C21H25N5O2S2. The zero-order valence-corrected chi connectivity index (χ0v) is 18.4. The van der Waals surface area contributed by atoms with E-state index < -0.39 is 0 Å². The van der Waals surface area contributed by atoms with Gasteiger partial charge in [-0.2, -0.15) is 0 Å². The molecule has 0 aliphatic heterocycles. The summed E-state index contributed by atoms with van der Waals surface area (Å²) >= 11 is 2.99. The molecule has 2 aliphatic rings. The Morgan fingerprint density at radius 1 is 0.800 bits per heavy atom. The number of nitrogens with zero attached hydrogens (tertiary/aromatic N) is 4. The monoisotopic (exact) mass is 443 g/mol. The van der Waals surface area contributed by atoms with Crippen LogP contribution in [0.1, 0.15) is 53.5 Å². The first-order chi connectivity index (χ1) is 14.7. The van der Waals surface area contributed by atoms with Crippen LogP contribution in [0, 0.1) is 11.8 Å². The van der Waals surface area contributed by atoms with Crippen LogP contribution >= 0.6 is 22.7 Å². The van der Waals surface area contributed by atoms with Crippen molar-refractivity contribution in [2.24, 2.45) is 11.8 Å². The summed E-state index contributed by atoms with van der Waals surface area (Å²) in [6.45, 7) is 0. The molecular weight excluding hydrogens is 418 g/mol. The highest BCUT2D eigenvalue weighted by molar-refractivity contribution is 7.15. The molecule has 0 saturated carbocycles. The second-order valence-electron chi connectivity index (χ2n) is 7.71. The van der Waals surface area contributed by atoms with Crippen LogP contribution < -0.4 is 5.32 Å². The van der Waals surface area contributed by atoms with Gasteiger partial charge >= 0.3 is 0 Å². The zero-order valence-electron chi connectivity index (χ0n) is 16.7. The van der Waals surface area contributed by atoms with Crippen molar-refractivity contribution < 1.29 is 9.59 Å². The summed E-state index contributed by atoms with van der Waals surface area (Å²) in [6.07, 6.45) is 15.6. The molecule has 0 bridgehead atoms. The third-order valence-corrected chi connectivity index (χ3v) is 7.29. The van der Waals surface area contributed by atoms with Crippen molar-refractivity contribution >= 4 is 39.5 Å². The van der Waals surface area contributed by atoms with E-state index in [9.17, 15) is 9.59 Å². The fourth-order valence-corrected chi connectivity index (χ4v) is 5.31. The summed E-state index contributed by atoms with van der Waals surface area (Å²) in [5.41, 5.74) is 0. The maximum absolute atomic E-state index is 12.2. The quantitative estimate of drug-likeness (QED) is 0.441. The lowest BCUT2D eigenvalue weighted by Crippen LogP contribution is -2.20. The largest absolute Gasteiger partial charge is 0.300 e. The topological polar surface area (TPSA) is 97.7 Å². The fraction of sp³-hybridized carbons (Fsp3) is 0.524. The number of hydrogen-bond acceptors (Lipinski definition) is 8. The number of unbranched alkanes of at least 4 members (excludes halogenated alkanes) is 1. The van der Waals surface area contributed by atoms with E-state index in [1.54, 1.807) is 11.3 Å². The molecule has 2 heterocycles. The Bertz CT molecular complexity index is 857. The fourth-order valence-electron chi connectivity index (χ4n) is 3.63. The highest BCUT2D eigenvalue weighted by Crippen LogP contribution is 2.24. The lowest BCUT2D eigenvalue weighted by Gasteiger charge is -2.06. The van der Waals surface area contributed by atoms with Gasteiger partial charge in [0.25, 0.3) is 0 Å². The Labute approximate surface area is 183 Å². The number of Topliss-reactive ketones (excluding diaryl/α,β-unsaturated/α-hetero) is 1. The molecule has 30 heavy (non-hydrogen) atoms. The molecule has 4 rings (SSSR count). The summed E-state index contributed by atoms with van der Waals surface area (Å²) < 4.78 is 0. The Balaban J connectivity index is 1.15. The number of amides is 1. The van der Waals surface area contributed by atoms with Gasteiger partial charge in [0.2, 0.25) is 11.0 Å². The third kappa shape index (κ3) is 5.66. The Kier molecular flexibility index (Phi) is 7.11. The molecule has 0 atom stereocenters. The predicted molar refractivity (Wildman–Crippen MR) is 118 cm³/mol. The van der Waals surface area contributed by atoms with E-state index >= 15 is 0 Å². The molecule has 0 aromatic carbocycles. The molecule has 1 N–H and O–H groups in total. The van der Waals surface area contributed by atoms with E-state index in [0.29, 0.717) is 11.6 Å². The van der Waals surface area contributed by atoms with Crippen LogP contribution in [0.4, 0.5) is 5.13 Å². The lowest BCUT2D eigenvalue weighted by atomic mass is 10.00. The normalized spacial score (nSPS) is 16.5. The minimum atomic E-state index is 0.0254. The van der Waals surface area contributed by atoms with Crippen LogP contribution in [0.3, 0.4) is 0 Å². The van der Waals surface area contributed by atoms with Crippen LogP contribution in [0.5, 0.6) is 0 Å². The van der Waals surface area contributed by atoms with Crippen molar-refractivity contribution in [1.29, 1.82) is 0 Å². The van der Waals surface area contributed by atoms with Gasteiger partial charge in [0.15, 0.2) is 0 Å². The van der Waals surface area contributed by atoms with Crippen LogP contribution in [0.25, 0.3) is 0 Å². The summed E-state index contributed by atoms with van der Waals surface area (Å²) in [7, 11) is 0. The van der Waals surface area contributed by atoms with E-state index in [1.165, 1.54) is 11.3 Å². The number of rotatable bonds is 10. The SMILES string of the molecule is O=C(Cc1nnc(CCCCc2nnc(NC(=O)C3CC=CC3)s2)s1)C1CC=CC1. The van der Waals surface area contributed by atoms with Crippen LogP contribution in [0.2, 0.25) is 0 Å². The van der Waals surface area contributed by atoms with Crippen molar-refractivity contribution in [3.8, 4) is 0 Å². The first kappa shape index (κ1) is 21.0. The van der Waals surface area contributed by atoms with Gasteiger partial charge in [-0.3, -0.25) is 9.59 Å². The molecule has 1 amide bonds. The Morgan fingerprint density at radius 3 is 2.07 bits per heavy atom. The smallest absolute Gasteiger partial charge is 0.229 e. The number of anilines is 1. The van der Waals surface area contributed by atoms with Gasteiger partial charge in [0.1, 0.15) is 20.8 Å². The number of ketones is 1. The molecule has 0 radical (unpaired) electrons. The molecule has 158 valence electrons. The summed E-state index contributed by atoms with van der Waals surface area (Å²) in [4.78, 5) is 24.4. The van der Waals surface area contributed by atoms with Crippen molar-refractivity contribution in [3.63, 3.8) is 0 Å². The van der Waals surface area contributed by atoms with Crippen molar-refractivity contribution in [3.05, 3.63) is 39.3 Å². The summed E-state index contributed by atoms with van der Waals surface area (Å²) in [6, 6.07) is 0. The molecule has 0 unspecified atom stereocenters. The number of hydrogen-bond donors (Lipinski definition) is 1. The van der Waals surface area contributed by atoms with Crippen LogP contribution in [-0.2, 0) is 28.9 Å². The van der Waals surface area contributed by atoms with Crippen molar-refractivity contribution in [2.45, 2.75) is 57.8 Å². The molecule has 7 nitrogen and oxygen atoms in total. The predicted octanol–water partition coefficient (Wildman–Crippen LogP) is 3.94. The van der Waals surface area contributed by atoms with E-state index in [2.05, 4.69) is 37.9 Å². The highest BCUT2D eigenvalue weighted by atomic mass is 32.1. The maximum atomic E-state index is 12.2. The second kappa shape index (κ2) is 10.2. The second-order valence-corrected chi connectivity index (χ2v) is 9.92. The van der Waals surface area contributed by atoms with Gasteiger partial charge in [-0.1, -0.05) is 35.6 Å². The number of carbonyl (C=O) groups excluding carboxylic acids is 2. The first-order valence-corrected chi connectivity index (χ1v) is 12.1. The number of aryl methyl sites for hydroxylation is 2. The zero-order chi connectivity index (χ0) is 20.8. The third-order valence-electron chi connectivity index (χ3n) is 5.40. The molecule has 0 spiro atoms. The minimum Gasteiger partial charge on any atom is -0.300 e. The van der Waals surface area contributed by atoms with Gasteiger partial charge < -0.3 is 5.32 Å². The molecule has 0 fully saturated rings. The Morgan fingerprint density at radius 2 is 1.37 bits per heavy atom. The molecule has 0 saturated heterocycles. The van der Waals surface area contributed by atoms with Gasteiger partial charge in [0.05, 0.1) is 6.42 Å². The van der Waals surface area contributed by atoms with Crippen molar-refractivity contribution in [2.75, 3.05) is 5.32 Å². The van der Waals surface area contributed by atoms with E-state index in [0.717, 1.165) is 66.4 Å². The standard InChI is InChI=1S/C21H25N5O2S2/c27-16(14-7-1-2-8-14)13-19-25-23-17(29-19)11-5-6-12-18-24-26-21(30-18)22-20(28)15-9-3-4-10-15/h1-4,14-15H,5-13H2,(H,22,26,28). The van der Waals surface area contributed by atoms with Gasteiger partial charge in [0, 0.05) is 24.7 Å². The van der Waals surface area contributed by atoms with E-state index in [4.69, 9.17) is 0 Å². The first-order valence-electron chi connectivity index (χ1n) is 10.4. The molecule has 2 aromatic heterocycles. The lowest BCUT2D eigenvalue weighted by molar-refractivity contribution is -0.122.